The third-order valence-electron chi connectivity index (χ3n) is 4.56. The summed E-state index contributed by atoms with van der Waals surface area (Å²) in [5, 5.41) is 6.32. The number of rotatable bonds is 3. The Labute approximate surface area is 121 Å². The van der Waals surface area contributed by atoms with Gasteiger partial charge in [-0.3, -0.25) is 4.98 Å². The van der Waals surface area contributed by atoms with Crippen molar-refractivity contribution in [1.82, 2.24) is 10.3 Å². The first-order chi connectivity index (χ1) is 9.88. The Morgan fingerprint density at radius 3 is 2.90 bits per heavy atom. The second-order valence-corrected chi connectivity index (χ2v) is 5.92. The Morgan fingerprint density at radius 2 is 2.00 bits per heavy atom. The van der Waals surface area contributed by atoms with E-state index in [-0.39, 0.29) is 0 Å². The maximum absolute atomic E-state index is 4.47. The van der Waals surface area contributed by atoms with Crippen LogP contribution in [-0.2, 0) is 0 Å². The lowest BCUT2D eigenvalue weighted by Gasteiger charge is -2.22. The van der Waals surface area contributed by atoms with E-state index >= 15 is 0 Å². The lowest BCUT2D eigenvalue weighted by Crippen LogP contribution is -2.29. The highest BCUT2D eigenvalue weighted by Gasteiger charge is 2.22. The van der Waals surface area contributed by atoms with Crippen LogP contribution in [0.2, 0.25) is 0 Å². The van der Waals surface area contributed by atoms with Crippen molar-refractivity contribution in [1.29, 1.82) is 0 Å². The van der Waals surface area contributed by atoms with Crippen molar-refractivity contribution in [2.45, 2.75) is 51.0 Å². The molecule has 0 saturated heterocycles. The van der Waals surface area contributed by atoms with Crippen molar-refractivity contribution in [3.05, 3.63) is 42.2 Å². The standard InChI is InChI=1S/C18H24N2/c1-2-20-16-9-5-3-7-14(11-16)18-13-19-12-15-8-4-6-10-17(15)18/h4,6,8,10,12-14,16,20H,2-3,5,7,9,11H2,1H3. The molecule has 2 unspecified atom stereocenters. The number of hydrogen-bond donors (Lipinski definition) is 1. The van der Waals surface area contributed by atoms with Crippen LogP contribution in [0, 0.1) is 0 Å². The summed E-state index contributed by atoms with van der Waals surface area (Å²) >= 11 is 0. The molecule has 1 heterocycles. The van der Waals surface area contributed by atoms with Gasteiger partial charge in [-0.25, -0.2) is 0 Å². The predicted molar refractivity (Wildman–Crippen MR) is 85.0 cm³/mol. The van der Waals surface area contributed by atoms with E-state index in [2.05, 4.69) is 47.7 Å². The number of nitrogens with one attached hydrogen (secondary N) is 1. The normalized spacial score (nSPS) is 23.6. The van der Waals surface area contributed by atoms with Crippen LogP contribution in [0.1, 0.15) is 50.5 Å². The fraction of sp³-hybridized carbons (Fsp3) is 0.500. The van der Waals surface area contributed by atoms with E-state index in [0.717, 1.165) is 6.54 Å². The quantitative estimate of drug-likeness (QED) is 0.841. The SMILES string of the molecule is CCNC1CCCCC(c2cncc3ccccc23)C1. The van der Waals surface area contributed by atoms with Gasteiger partial charge in [-0.1, -0.05) is 44.0 Å². The molecule has 2 atom stereocenters. The van der Waals surface area contributed by atoms with Crippen molar-refractivity contribution in [3.8, 4) is 0 Å². The van der Waals surface area contributed by atoms with Gasteiger partial charge < -0.3 is 5.32 Å². The van der Waals surface area contributed by atoms with E-state index in [4.69, 9.17) is 0 Å². The molecule has 1 fully saturated rings. The number of fused-ring (bicyclic) bond motifs is 1. The summed E-state index contributed by atoms with van der Waals surface area (Å²) in [5.41, 5.74) is 1.45. The fourth-order valence-electron chi connectivity index (χ4n) is 3.58. The molecule has 1 N–H and O–H groups in total. The molecule has 1 aromatic heterocycles. The Bertz CT molecular complexity index is 559. The van der Waals surface area contributed by atoms with Gasteiger partial charge in [0.2, 0.25) is 0 Å². The molecule has 1 aliphatic rings. The Kier molecular flexibility index (Phi) is 4.31. The van der Waals surface area contributed by atoms with E-state index in [0.29, 0.717) is 12.0 Å². The van der Waals surface area contributed by atoms with Crippen LogP contribution in [0.15, 0.2) is 36.7 Å². The lowest BCUT2D eigenvalue weighted by atomic mass is 9.88. The highest BCUT2D eigenvalue weighted by molar-refractivity contribution is 5.85. The maximum Gasteiger partial charge on any atom is 0.0346 e. The van der Waals surface area contributed by atoms with Crippen LogP contribution in [0.5, 0.6) is 0 Å². The number of hydrogen-bond acceptors (Lipinski definition) is 2. The molecular formula is C18H24N2. The molecule has 0 amide bonds. The fourth-order valence-corrected chi connectivity index (χ4v) is 3.58. The zero-order valence-electron chi connectivity index (χ0n) is 12.3. The molecule has 1 saturated carbocycles. The van der Waals surface area contributed by atoms with E-state index in [1.165, 1.54) is 48.4 Å². The first-order valence-corrected chi connectivity index (χ1v) is 7.94. The summed E-state index contributed by atoms with van der Waals surface area (Å²) in [4.78, 5) is 4.47. The first-order valence-electron chi connectivity index (χ1n) is 7.94. The minimum atomic E-state index is 0.653. The first kappa shape index (κ1) is 13.6. The molecule has 3 rings (SSSR count). The summed E-state index contributed by atoms with van der Waals surface area (Å²) in [6.07, 6.45) is 10.7. The minimum absolute atomic E-state index is 0.653. The van der Waals surface area contributed by atoms with Crippen molar-refractivity contribution >= 4 is 10.8 Å². The molecule has 2 aromatic rings. The molecule has 2 heteroatoms. The third-order valence-corrected chi connectivity index (χ3v) is 4.56. The third kappa shape index (κ3) is 2.85. The number of aromatic nitrogens is 1. The Hall–Kier alpha value is -1.41. The molecule has 0 bridgehead atoms. The summed E-state index contributed by atoms with van der Waals surface area (Å²) in [6, 6.07) is 9.34. The van der Waals surface area contributed by atoms with Gasteiger partial charge in [0.25, 0.3) is 0 Å². The van der Waals surface area contributed by atoms with Gasteiger partial charge in [0.15, 0.2) is 0 Å². The summed E-state index contributed by atoms with van der Waals surface area (Å²) in [6.45, 7) is 3.28. The minimum Gasteiger partial charge on any atom is -0.314 e. The number of nitrogens with zero attached hydrogens (tertiary/aromatic N) is 1. The van der Waals surface area contributed by atoms with Crippen LogP contribution in [0.25, 0.3) is 10.8 Å². The molecule has 1 aromatic carbocycles. The molecule has 0 aliphatic heterocycles. The molecule has 1 aliphatic carbocycles. The van der Waals surface area contributed by atoms with Gasteiger partial charge in [-0.15, -0.1) is 0 Å². The van der Waals surface area contributed by atoms with E-state index in [1.54, 1.807) is 0 Å². The van der Waals surface area contributed by atoms with Gasteiger partial charge >= 0.3 is 0 Å². The predicted octanol–water partition coefficient (Wildman–Crippen LogP) is 4.26. The van der Waals surface area contributed by atoms with Gasteiger partial charge in [0, 0.05) is 23.8 Å². The van der Waals surface area contributed by atoms with Crippen molar-refractivity contribution in [2.24, 2.45) is 0 Å². The lowest BCUT2D eigenvalue weighted by molar-refractivity contribution is 0.450. The molecular weight excluding hydrogens is 244 g/mol. The van der Waals surface area contributed by atoms with Gasteiger partial charge in [-0.05, 0) is 42.7 Å². The van der Waals surface area contributed by atoms with E-state index < -0.39 is 0 Å². The van der Waals surface area contributed by atoms with Crippen molar-refractivity contribution in [2.75, 3.05) is 6.54 Å². The highest BCUT2D eigenvalue weighted by atomic mass is 14.9. The Balaban J connectivity index is 1.92. The van der Waals surface area contributed by atoms with Gasteiger partial charge in [-0.2, -0.15) is 0 Å². The smallest absolute Gasteiger partial charge is 0.0346 e. The van der Waals surface area contributed by atoms with Crippen LogP contribution in [0.3, 0.4) is 0 Å². The molecule has 20 heavy (non-hydrogen) atoms. The van der Waals surface area contributed by atoms with Crippen molar-refractivity contribution < 1.29 is 0 Å². The summed E-state index contributed by atoms with van der Waals surface area (Å²) < 4.78 is 0. The second-order valence-electron chi connectivity index (χ2n) is 5.92. The number of benzene rings is 1. The van der Waals surface area contributed by atoms with Crippen LogP contribution >= 0.6 is 0 Å². The van der Waals surface area contributed by atoms with E-state index in [1.807, 2.05) is 6.20 Å². The van der Waals surface area contributed by atoms with Gasteiger partial charge in [0.05, 0.1) is 0 Å². The van der Waals surface area contributed by atoms with Gasteiger partial charge in [0.1, 0.15) is 0 Å². The molecule has 0 radical (unpaired) electrons. The van der Waals surface area contributed by atoms with Crippen molar-refractivity contribution in [3.63, 3.8) is 0 Å². The molecule has 0 spiro atoms. The zero-order chi connectivity index (χ0) is 13.8. The van der Waals surface area contributed by atoms with Crippen LogP contribution < -0.4 is 5.32 Å². The Morgan fingerprint density at radius 1 is 1.15 bits per heavy atom. The van der Waals surface area contributed by atoms with Crippen LogP contribution in [0.4, 0.5) is 0 Å². The average molecular weight is 268 g/mol. The van der Waals surface area contributed by atoms with E-state index in [9.17, 15) is 0 Å². The monoisotopic (exact) mass is 268 g/mol. The van der Waals surface area contributed by atoms with Crippen LogP contribution in [-0.4, -0.2) is 17.6 Å². The number of pyridine rings is 1. The average Bonchev–Trinajstić information content (AvgIpc) is 2.73. The summed E-state index contributed by atoms with van der Waals surface area (Å²) in [7, 11) is 0. The molecule has 106 valence electrons. The largest absolute Gasteiger partial charge is 0.314 e. The highest BCUT2D eigenvalue weighted by Crippen LogP contribution is 2.35. The summed E-state index contributed by atoms with van der Waals surface area (Å²) in [5.74, 6) is 0.653. The molecule has 2 nitrogen and oxygen atoms in total. The second kappa shape index (κ2) is 6.36. The maximum atomic E-state index is 4.47. The zero-order valence-corrected chi connectivity index (χ0v) is 12.3. The topological polar surface area (TPSA) is 24.9 Å².